The molecule has 0 spiro atoms. The summed E-state index contributed by atoms with van der Waals surface area (Å²) in [5, 5.41) is 0. The van der Waals surface area contributed by atoms with E-state index in [0.29, 0.717) is 27.2 Å². The topological polar surface area (TPSA) is 191 Å². The molecular formula is C44H52BrF3N4O10S2. The van der Waals surface area contributed by atoms with Gasteiger partial charge in [-0.1, -0.05) is 24.3 Å². The van der Waals surface area contributed by atoms with E-state index in [9.17, 15) is 39.6 Å². The maximum atomic E-state index is 13.6. The van der Waals surface area contributed by atoms with Gasteiger partial charge in [0.25, 0.3) is 0 Å². The molecule has 0 atom stereocenters. The van der Waals surface area contributed by atoms with Crippen LogP contribution >= 0.6 is 15.9 Å². The number of alkyl halides is 3. The Balaban J connectivity index is 0.000000245. The zero-order valence-electron chi connectivity index (χ0n) is 36.4. The van der Waals surface area contributed by atoms with Crippen molar-refractivity contribution in [2.45, 2.75) is 123 Å². The van der Waals surface area contributed by atoms with Gasteiger partial charge in [0, 0.05) is 75.9 Å². The minimum absolute atomic E-state index is 0.00667. The Morgan fingerprint density at radius 1 is 0.625 bits per heavy atom. The van der Waals surface area contributed by atoms with Crippen molar-refractivity contribution in [1.82, 2.24) is 19.9 Å². The molecule has 4 heterocycles. The van der Waals surface area contributed by atoms with Crippen LogP contribution in [0.4, 0.5) is 13.2 Å². The second-order valence-electron chi connectivity index (χ2n) is 17.4. The number of carbonyl (C=O) groups is 2. The van der Waals surface area contributed by atoms with Crippen LogP contribution in [-0.2, 0) is 54.6 Å². The fraction of sp³-hybridized carbons (Fsp3) is 0.500. The van der Waals surface area contributed by atoms with Gasteiger partial charge in [0.1, 0.15) is 15.8 Å². The molecule has 0 amide bonds. The van der Waals surface area contributed by atoms with Gasteiger partial charge in [-0.05, 0) is 94.6 Å². The number of halogens is 4. The van der Waals surface area contributed by atoms with Gasteiger partial charge in [0.15, 0.2) is 29.2 Å². The van der Waals surface area contributed by atoms with Crippen LogP contribution in [0.1, 0.15) is 85.8 Å². The average Bonchev–Trinajstić information content (AvgIpc) is 3.23. The molecule has 0 N–H and O–H groups in total. The van der Waals surface area contributed by atoms with E-state index in [1.165, 1.54) is 36.7 Å². The summed E-state index contributed by atoms with van der Waals surface area (Å²) >= 11 is 3.23. The molecule has 0 bridgehead atoms. The van der Waals surface area contributed by atoms with E-state index < -0.39 is 64.9 Å². The maximum absolute atomic E-state index is 13.6. The summed E-state index contributed by atoms with van der Waals surface area (Å²) in [5.74, 6) is -1.51. The number of ether oxygens (including phenoxy) is 4. The first-order chi connectivity index (χ1) is 29.8. The summed E-state index contributed by atoms with van der Waals surface area (Å²) in [6, 6.07) is 12.2. The SMILES string of the molecule is CC(C)(C)OC(=O)C1(S(=O)(=O)c2ccc(-c3cnc(Br)cn3)cc2)CCOCC1.CC(C)(C)OC(=O)C1(S(=O)(=O)c2ccc(-c3cnc(CCCC(F)(F)F)cn3)cc2)CCOCC1. The Morgan fingerprint density at radius 2 is 1.02 bits per heavy atom. The van der Waals surface area contributed by atoms with Crippen LogP contribution in [-0.4, -0.2) is 102 Å². The number of esters is 2. The van der Waals surface area contributed by atoms with Crippen molar-refractivity contribution in [3.63, 3.8) is 0 Å². The highest BCUT2D eigenvalue weighted by Gasteiger charge is 2.55. The van der Waals surface area contributed by atoms with Crippen molar-refractivity contribution in [1.29, 1.82) is 0 Å². The van der Waals surface area contributed by atoms with E-state index in [0.717, 1.165) is 5.56 Å². The minimum atomic E-state index is -4.21. The number of aromatic nitrogens is 4. The summed E-state index contributed by atoms with van der Waals surface area (Å²) in [6.07, 6.45) is 1.10. The molecule has 14 nitrogen and oxygen atoms in total. The van der Waals surface area contributed by atoms with Crippen molar-refractivity contribution in [3.05, 3.63) is 83.6 Å². The zero-order valence-corrected chi connectivity index (χ0v) is 39.6. The zero-order chi connectivity index (χ0) is 47.2. The van der Waals surface area contributed by atoms with Crippen molar-refractivity contribution < 1.29 is 58.5 Å². The lowest BCUT2D eigenvalue weighted by atomic mass is 9.99. The lowest BCUT2D eigenvalue weighted by Crippen LogP contribution is -2.53. The maximum Gasteiger partial charge on any atom is 0.389 e. The molecule has 0 radical (unpaired) electrons. The molecule has 64 heavy (non-hydrogen) atoms. The van der Waals surface area contributed by atoms with Crippen LogP contribution in [0, 0.1) is 0 Å². The Morgan fingerprint density at radius 3 is 1.34 bits per heavy atom. The van der Waals surface area contributed by atoms with Crippen LogP contribution in [0.3, 0.4) is 0 Å². The van der Waals surface area contributed by atoms with E-state index in [2.05, 4.69) is 35.9 Å². The van der Waals surface area contributed by atoms with E-state index in [4.69, 9.17) is 18.9 Å². The number of aryl methyl sites for hydroxylation is 1. The van der Waals surface area contributed by atoms with Crippen LogP contribution in [0.2, 0.25) is 0 Å². The van der Waals surface area contributed by atoms with Crippen molar-refractivity contribution >= 4 is 47.5 Å². The van der Waals surface area contributed by atoms with Gasteiger partial charge in [-0.25, -0.2) is 21.8 Å². The third-order valence-corrected chi connectivity index (χ3v) is 15.7. The molecule has 0 unspecified atom stereocenters. The van der Waals surface area contributed by atoms with Gasteiger partial charge in [0.05, 0.1) is 45.5 Å². The quantitative estimate of drug-likeness (QED) is 0.131. The van der Waals surface area contributed by atoms with E-state index in [1.807, 2.05) is 0 Å². The highest BCUT2D eigenvalue weighted by Crippen LogP contribution is 2.39. The first kappa shape index (κ1) is 50.6. The van der Waals surface area contributed by atoms with E-state index in [-0.39, 0.29) is 74.7 Å². The molecule has 348 valence electrons. The van der Waals surface area contributed by atoms with Gasteiger partial charge >= 0.3 is 18.1 Å². The third-order valence-electron chi connectivity index (χ3n) is 10.3. The normalized spacial score (nSPS) is 16.8. The number of hydrogen-bond acceptors (Lipinski definition) is 14. The van der Waals surface area contributed by atoms with Gasteiger partial charge in [-0.3, -0.25) is 24.5 Å². The van der Waals surface area contributed by atoms with Gasteiger partial charge in [0.2, 0.25) is 0 Å². The van der Waals surface area contributed by atoms with Crippen LogP contribution in [0.25, 0.3) is 22.5 Å². The second kappa shape index (κ2) is 20.0. The highest BCUT2D eigenvalue weighted by atomic mass is 79.9. The van der Waals surface area contributed by atoms with E-state index >= 15 is 0 Å². The molecule has 2 aromatic heterocycles. The average molecular weight is 998 g/mol. The van der Waals surface area contributed by atoms with E-state index in [1.54, 1.807) is 78.2 Å². The van der Waals surface area contributed by atoms with Crippen LogP contribution < -0.4 is 0 Å². The first-order valence-electron chi connectivity index (χ1n) is 20.5. The predicted molar refractivity (Wildman–Crippen MR) is 233 cm³/mol. The fourth-order valence-electron chi connectivity index (χ4n) is 6.93. The molecule has 0 aliphatic carbocycles. The summed E-state index contributed by atoms with van der Waals surface area (Å²) < 4.78 is 110. The highest BCUT2D eigenvalue weighted by molar-refractivity contribution is 9.10. The third kappa shape index (κ3) is 12.3. The summed E-state index contributed by atoms with van der Waals surface area (Å²) in [4.78, 5) is 42.9. The molecule has 0 saturated carbocycles. The Bertz CT molecular complexity index is 2450. The lowest BCUT2D eigenvalue weighted by molar-refractivity contribution is -0.161. The van der Waals surface area contributed by atoms with Gasteiger partial charge in [-0.15, -0.1) is 0 Å². The number of carbonyl (C=O) groups excluding carboxylic acids is 2. The Labute approximate surface area is 380 Å². The number of hydrogen-bond donors (Lipinski definition) is 0. The Hall–Kier alpha value is -4.37. The molecular weight excluding hydrogens is 946 g/mol. The fourth-order valence-corrected chi connectivity index (χ4v) is 11.0. The number of nitrogens with zero attached hydrogens (tertiary/aromatic N) is 4. The minimum Gasteiger partial charge on any atom is -0.459 e. The second-order valence-corrected chi connectivity index (χ2v) is 22.7. The van der Waals surface area contributed by atoms with Crippen molar-refractivity contribution in [2.24, 2.45) is 0 Å². The molecule has 6 rings (SSSR count). The lowest BCUT2D eigenvalue weighted by Gasteiger charge is -2.36. The Kier molecular flexibility index (Phi) is 15.8. The number of sulfone groups is 2. The number of rotatable bonds is 11. The van der Waals surface area contributed by atoms with Gasteiger partial charge in [-0.2, -0.15) is 13.2 Å². The number of benzene rings is 2. The summed E-state index contributed by atoms with van der Waals surface area (Å²) in [7, 11) is -8.10. The molecule has 4 aromatic rings. The van der Waals surface area contributed by atoms with Crippen LogP contribution in [0.15, 0.2) is 87.7 Å². The summed E-state index contributed by atoms with van der Waals surface area (Å²) in [5.41, 5.74) is 1.17. The molecule has 2 fully saturated rings. The predicted octanol–water partition coefficient (Wildman–Crippen LogP) is 8.26. The molecule has 2 aliphatic rings. The molecule has 2 saturated heterocycles. The molecule has 2 aliphatic heterocycles. The van der Waals surface area contributed by atoms with Crippen molar-refractivity contribution in [3.8, 4) is 22.5 Å². The van der Waals surface area contributed by atoms with Gasteiger partial charge < -0.3 is 18.9 Å². The largest absolute Gasteiger partial charge is 0.459 e. The smallest absolute Gasteiger partial charge is 0.389 e. The summed E-state index contributed by atoms with van der Waals surface area (Å²) in [6.45, 7) is 10.8. The molecule has 2 aromatic carbocycles. The first-order valence-corrected chi connectivity index (χ1v) is 24.2. The monoisotopic (exact) mass is 996 g/mol. The standard InChI is InChI=1S/C24H29F3N2O5S.C20H23BrN2O5S/c1-22(2,3)34-21(30)23(11-13-33-14-12-23)35(31,32)19-8-6-17(7-9-19)20-16-28-18(15-29-20)5-4-10-24(25,26)27;1-19(2,3)28-18(24)20(8-10-27-11-9-20)29(25,26)15-6-4-14(5-7-15)16-12-23-17(21)13-22-16/h6-9,15-16H,4-5,10-14H2,1-3H3;4-7,12-13H,8-11H2,1-3H3. The van der Waals surface area contributed by atoms with Crippen molar-refractivity contribution in [2.75, 3.05) is 26.4 Å². The molecule has 20 heteroatoms. The van der Waals surface area contributed by atoms with Crippen LogP contribution in [0.5, 0.6) is 0 Å².